The molecule has 0 N–H and O–H groups in total. The average Bonchev–Trinajstić information content (AvgIpc) is 2.64. The van der Waals surface area contributed by atoms with Crippen molar-refractivity contribution < 1.29 is 19.0 Å². The summed E-state index contributed by atoms with van der Waals surface area (Å²) in [6.45, 7) is 4.67. The molecule has 0 saturated carbocycles. The third kappa shape index (κ3) is 4.86. The highest BCUT2D eigenvalue weighted by Gasteiger charge is 2.08. The van der Waals surface area contributed by atoms with Gasteiger partial charge in [-0.25, -0.2) is 0 Å². The van der Waals surface area contributed by atoms with Crippen molar-refractivity contribution in [2.24, 2.45) is 0 Å². The Balaban J connectivity index is 2.15. The zero-order valence-electron chi connectivity index (χ0n) is 15.2. The molecule has 0 aliphatic rings. The van der Waals surface area contributed by atoms with E-state index in [-0.39, 0.29) is 5.78 Å². The summed E-state index contributed by atoms with van der Waals surface area (Å²) in [6.07, 6.45) is 4.26. The van der Waals surface area contributed by atoms with Crippen LogP contribution >= 0.6 is 0 Å². The first-order valence-electron chi connectivity index (χ1n) is 8.27. The summed E-state index contributed by atoms with van der Waals surface area (Å²) in [5.41, 5.74) is 2.43. The molecule has 0 bridgehead atoms. The second-order valence-electron chi connectivity index (χ2n) is 5.63. The lowest BCUT2D eigenvalue weighted by molar-refractivity contribution is 0.104. The Labute approximate surface area is 149 Å². The Morgan fingerprint density at radius 1 is 1.04 bits per heavy atom. The zero-order chi connectivity index (χ0) is 18.2. The van der Waals surface area contributed by atoms with Crippen LogP contribution in [-0.4, -0.2) is 26.6 Å². The maximum Gasteiger partial charge on any atom is 0.185 e. The van der Waals surface area contributed by atoms with E-state index in [1.165, 1.54) is 0 Å². The van der Waals surface area contributed by atoms with E-state index in [1.807, 2.05) is 31.2 Å². The van der Waals surface area contributed by atoms with Gasteiger partial charge in [-0.2, -0.15) is 0 Å². The van der Waals surface area contributed by atoms with Crippen molar-refractivity contribution in [3.63, 3.8) is 0 Å². The fourth-order valence-corrected chi connectivity index (χ4v) is 2.42. The standard InChI is InChI=1S/C21H24O4/c1-5-12-25-18-9-6-16(7-10-18)19(22)11-8-17-13-15(2)20(23-3)14-21(17)24-4/h6-11,13-14H,5,12H2,1-4H3/b11-8+. The van der Waals surface area contributed by atoms with Gasteiger partial charge in [0.1, 0.15) is 17.2 Å². The van der Waals surface area contributed by atoms with Gasteiger partial charge in [-0.3, -0.25) is 4.79 Å². The van der Waals surface area contributed by atoms with Gasteiger partial charge in [0.15, 0.2) is 5.78 Å². The molecule has 0 amide bonds. The molecule has 0 heterocycles. The third-order valence-electron chi connectivity index (χ3n) is 3.77. The highest BCUT2D eigenvalue weighted by atomic mass is 16.5. The van der Waals surface area contributed by atoms with Crippen LogP contribution in [0.25, 0.3) is 6.08 Å². The monoisotopic (exact) mass is 340 g/mol. The van der Waals surface area contributed by atoms with Gasteiger partial charge in [0, 0.05) is 17.2 Å². The van der Waals surface area contributed by atoms with Gasteiger partial charge in [0.25, 0.3) is 0 Å². The molecule has 25 heavy (non-hydrogen) atoms. The predicted molar refractivity (Wildman–Crippen MR) is 99.9 cm³/mol. The van der Waals surface area contributed by atoms with Crippen LogP contribution in [0.15, 0.2) is 42.5 Å². The molecule has 2 aromatic rings. The van der Waals surface area contributed by atoms with Crippen molar-refractivity contribution >= 4 is 11.9 Å². The van der Waals surface area contributed by atoms with Crippen LogP contribution < -0.4 is 14.2 Å². The molecular formula is C21H24O4. The Kier molecular flexibility index (Phi) is 6.63. The molecule has 4 nitrogen and oxygen atoms in total. The lowest BCUT2D eigenvalue weighted by atomic mass is 10.1. The maximum absolute atomic E-state index is 12.4. The fraction of sp³-hybridized carbons (Fsp3) is 0.286. The number of carbonyl (C=O) groups is 1. The van der Waals surface area contributed by atoms with Crippen LogP contribution in [0.5, 0.6) is 17.2 Å². The second kappa shape index (κ2) is 8.92. The normalized spacial score (nSPS) is 10.7. The molecular weight excluding hydrogens is 316 g/mol. The molecule has 4 heteroatoms. The first kappa shape index (κ1) is 18.6. The van der Waals surface area contributed by atoms with E-state index in [0.29, 0.717) is 17.9 Å². The van der Waals surface area contributed by atoms with Crippen molar-refractivity contribution in [2.75, 3.05) is 20.8 Å². The summed E-state index contributed by atoms with van der Waals surface area (Å²) < 4.78 is 16.2. The maximum atomic E-state index is 12.4. The Hall–Kier alpha value is -2.75. The van der Waals surface area contributed by atoms with E-state index in [0.717, 1.165) is 29.0 Å². The van der Waals surface area contributed by atoms with Crippen LogP contribution in [0.1, 0.15) is 34.8 Å². The number of ether oxygens (including phenoxy) is 3. The van der Waals surface area contributed by atoms with Crippen LogP contribution in [-0.2, 0) is 0 Å². The number of rotatable bonds is 8. The number of benzene rings is 2. The van der Waals surface area contributed by atoms with Gasteiger partial charge in [0.05, 0.1) is 20.8 Å². The highest BCUT2D eigenvalue weighted by molar-refractivity contribution is 6.07. The van der Waals surface area contributed by atoms with Crippen molar-refractivity contribution in [1.29, 1.82) is 0 Å². The second-order valence-corrected chi connectivity index (χ2v) is 5.63. The highest BCUT2D eigenvalue weighted by Crippen LogP contribution is 2.29. The largest absolute Gasteiger partial charge is 0.496 e. The van der Waals surface area contributed by atoms with E-state index in [1.54, 1.807) is 38.5 Å². The molecule has 0 aliphatic heterocycles. The van der Waals surface area contributed by atoms with Gasteiger partial charge >= 0.3 is 0 Å². The first-order chi connectivity index (χ1) is 12.1. The third-order valence-corrected chi connectivity index (χ3v) is 3.77. The number of hydrogen-bond donors (Lipinski definition) is 0. The van der Waals surface area contributed by atoms with E-state index >= 15 is 0 Å². The molecule has 2 aromatic carbocycles. The van der Waals surface area contributed by atoms with Crippen LogP contribution in [0.2, 0.25) is 0 Å². The topological polar surface area (TPSA) is 44.8 Å². The van der Waals surface area contributed by atoms with E-state index in [2.05, 4.69) is 6.92 Å². The summed E-state index contributed by atoms with van der Waals surface area (Å²) in [5, 5.41) is 0. The van der Waals surface area contributed by atoms with Crippen LogP contribution in [0.4, 0.5) is 0 Å². The fourth-order valence-electron chi connectivity index (χ4n) is 2.42. The van der Waals surface area contributed by atoms with Crippen LogP contribution in [0.3, 0.4) is 0 Å². The molecule has 0 radical (unpaired) electrons. The SMILES string of the molecule is CCCOc1ccc(C(=O)/C=C/c2cc(C)c(OC)cc2OC)cc1. The summed E-state index contributed by atoms with van der Waals surface area (Å²) in [7, 11) is 3.22. The van der Waals surface area contributed by atoms with Crippen molar-refractivity contribution in [3.05, 3.63) is 59.2 Å². The molecule has 0 saturated heterocycles. The Morgan fingerprint density at radius 2 is 1.72 bits per heavy atom. The summed E-state index contributed by atoms with van der Waals surface area (Å²) in [6, 6.07) is 10.9. The Bertz CT molecular complexity index is 745. The van der Waals surface area contributed by atoms with Crippen molar-refractivity contribution in [1.82, 2.24) is 0 Å². The molecule has 0 aromatic heterocycles. The minimum absolute atomic E-state index is 0.0717. The quantitative estimate of drug-likeness (QED) is 0.516. The summed E-state index contributed by atoms with van der Waals surface area (Å²) in [4.78, 5) is 12.4. The average molecular weight is 340 g/mol. The van der Waals surface area contributed by atoms with Crippen molar-refractivity contribution in [3.8, 4) is 17.2 Å². The molecule has 0 atom stereocenters. The minimum Gasteiger partial charge on any atom is -0.496 e. The number of ketones is 1. The smallest absolute Gasteiger partial charge is 0.185 e. The number of aryl methyl sites for hydroxylation is 1. The number of carbonyl (C=O) groups excluding carboxylic acids is 1. The number of allylic oxidation sites excluding steroid dienone is 1. The van der Waals surface area contributed by atoms with Crippen LogP contribution in [0, 0.1) is 6.92 Å². The molecule has 0 unspecified atom stereocenters. The van der Waals surface area contributed by atoms with E-state index in [4.69, 9.17) is 14.2 Å². The first-order valence-corrected chi connectivity index (χ1v) is 8.27. The number of methoxy groups -OCH3 is 2. The van der Waals surface area contributed by atoms with Gasteiger partial charge < -0.3 is 14.2 Å². The zero-order valence-corrected chi connectivity index (χ0v) is 15.2. The van der Waals surface area contributed by atoms with E-state index in [9.17, 15) is 4.79 Å². The molecule has 0 aliphatic carbocycles. The minimum atomic E-state index is -0.0717. The lowest BCUT2D eigenvalue weighted by Crippen LogP contribution is -1.97. The van der Waals surface area contributed by atoms with Gasteiger partial charge in [-0.15, -0.1) is 0 Å². The van der Waals surface area contributed by atoms with Crippen molar-refractivity contribution in [2.45, 2.75) is 20.3 Å². The van der Waals surface area contributed by atoms with Gasteiger partial charge in [0.2, 0.25) is 0 Å². The predicted octanol–water partition coefficient (Wildman–Crippen LogP) is 4.70. The molecule has 0 spiro atoms. The molecule has 2 rings (SSSR count). The van der Waals surface area contributed by atoms with Gasteiger partial charge in [-0.05, 0) is 61.4 Å². The van der Waals surface area contributed by atoms with E-state index < -0.39 is 0 Å². The summed E-state index contributed by atoms with van der Waals surface area (Å²) in [5.74, 6) is 2.12. The number of hydrogen-bond acceptors (Lipinski definition) is 4. The molecule has 0 fully saturated rings. The Morgan fingerprint density at radius 3 is 2.32 bits per heavy atom. The molecule has 132 valence electrons. The van der Waals surface area contributed by atoms with Gasteiger partial charge in [-0.1, -0.05) is 6.92 Å². The summed E-state index contributed by atoms with van der Waals surface area (Å²) >= 11 is 0. The lowest BCUT2D eigenvalue weighted by Gasteiger charge is -2.10.